The Balaban J connectivity index is 2.69. The summed E-state index contributed by atoms with van der Waals surface area (Å²) in [5.74, 6) is -0.360. The topological polar surface area (TPSA) is 42.1 Å². The lowest BCUT2D eigenvalue weighted by Gasteiger charge is -1.99. The van der Waals surface area contributed by atoms with Crippen LogP contribution >= 0.6 is 11.6 Å². The number of benzene rings is 1. The van der Waals surface area contributed by atoms with Crippen molar-refractivity contribution in [1.82, 2.24) is 4.98 Å². The van der Waals surface area contributed by atoms with Gasteiger partial charge in [-0.3, -0.25) is 0 Å². The van der Waals surface area contributed by atoms with E-state index < -0.39 is 0 Å². The van der Waals surface area contributed by atoms with Crippen molar-refractivity contribution in [2.75, 3.05) is 7.11 Å². The average Bonchev–Trinajstić information content (AvgIpc) is 2.61. The molecule has 78 valence electrons. The second kappa shape index (κ2) is 3.59. The number of H-pyrrole nitrogens is 1. The average molecular weight is 224 g/mol. The van der Waals surface area contributed by atoms with Crippen molar-refractivity contribution in [3.05, 3.63) is 34.5 Å². The minimum atomic E-state index is -0.360. The lowest BCUT2D eigenvalue weighted by Crippen LogP contribution is -1.99. The van der Waals surface area contributed by atoms with Crippen molar-refractivity contribution in [3.63, 3.8) is 0 Å². The van der Waals surface area contributed by atoms with Gasteiger partial charge >= 0.3 is 5.97 Å². The second-order valence-corrected chi connectivity index (χ2v) is 3.75. The van der Waals surface area contributed by atoms with E-state index in [2.05, 4.69) is 9.72 Å². The Kier molecular flexibility index (Phi) is 2.40. The summed E-state index contributed by atoms with van der Waals surface area (Å²) in [6, 6.07) is 3.68. The zero-order valence-electron chi connectivity index (χ0n) is 8.43. The first-order valence-electron chi connectivity index (χ1n) is 4.49. The third kappa shape index (κ3) is 1.59. The Labute approximate surface area is 92.0 Å². The van der Waals surface area contributed by atoms with Crippen LogP contribution in [-0.4, -0.2) is 18.1 Å². The van der Waals surface area contributed by atoms with E-state index in [0.717, 1.165) is 16.5 Å². The predicted octanol–water partition coefficient (Wildman–Crippen LogP) is 2.92. The van der Waals surface area contributed by atoms with Crippen LogP contribution in [0.3, 0.4) is 0 Å². The first-order valence-corrected chi connectivity index (χ1v) is 4.87. The van der Waals surface area contributed by atoms with Crippen LogP contribution in [0.25, 0.3) is 10.9 Å². The van der Waals surface area contributed by atoms with Crippen LogP contribution in [0.2, 0.25) is 5.02 Å². The summed E-state index contributed by atoms with van der Waals surface area (Å²) in [7, 11) is 1.36. The fourth-order valence-electron chi connectivity index (χ4n) is 1.53. The van der Waals surface area contributed by atoms with Crippen LogP contribution in [0.4, 0.5) is 0 Å². The predicted molar refractivity (Wildman–Crippen MR) is 59.4 cm³/mol. The van der Waals surface area contributed by atoms with Gasteiger partial charge in [-0.1, -0.05) is 11.6 Å². The molecule has 0 unspecified atom stereocenters. The molecule has 1 aromatic heterocycles. The highest BCUT2D eigenvalue weighted by atomic mass is 35.5. The normalized spacial score (nSPS) is 10.6. The van der Waals surface area contributed by atoms with E-state index in [-0.39, 0.29) is 5.97 Å². The van der Waals surface area contributed by atoms with Crippen molar-refractivity contribution in [1.29, 1.82) is 0 Å². The Hall–Kier alpha value is -1.48. The molecule has 0 amide bonds. The van der Waals surface area contributed by atoms with Crippen molar-refractivity contribution >= 4 is 28.5 Å². The molecule has 0 fully saturated rings. The van der Waals surface area contributed by atoms with Gasteiger partial charge in [-0.05, 0) is 24.6 Å². The lowest BCUT2D eigenvalue weighted by atomic mass is 10.1. The Bertz CT molecular complexity index is 531. The van der Waals surface area contributed by atoms with Gasteiger partial charge in [0, 0.05) is 22.1 Å². The van der Waals surface area contributed by atoms with Gasteiger partial charge in [0.05, 0.1) is 12.7 Å². The highest BCUT2D eigenvalue weighted by molar-refractivity contribution is 6.32. The number of ether oxygens (including phenoxy) is 1. The summed E-state index contributed by atoms with van der Waals surface area (Å²) in [4.78, 5) is 14.4. The third-order valence-electron chi connectivity index (χ3n) is 2.37. The van der Waals surface area contributed by atoms with Gasteiger partial charge in [-0.2, -0.15) is 0 Å². The number of nitrogens with one attached hydrogen (secondary N) is 1. The summed E-state index contributed by atoms with van der Waals surface area (Å²) < 4.78 is 4.67. The number of esters is 1. The van der Waals surface area contributed by atoms with Gasteiger partial charge in [-0.15, -0.1) is 0 Å². The maximum atomic E-state index is 11.4. The van der Waals surface area contributed by atoms with Crippen LogP contribution < -0.4 is 0 Å². The molecular weight excluding hydrogens is 214 g/mol. The molecule has 0 saturated heterocycles. The number of fused-ring (bicyclic) bond motifs is 1. The Morgan fingerprint density at radius 2 is 2.20 bits per heavy atom. The molecule has 1 N–H and O–H groups in total. The number of aromatic nitrogens is 1. The van der Waals surface area contributed by atoms with Crippen LogP contribution in [0.1, 0.15) is 15.9 Å². The molecule has 0 spiro atoms. The third-order valence-corrected chi connectivity index (χ3v) is 2.77. The highest BCUT2D eigenvalue weighted by Gasteiger charge is 2.13. The largest absolute Gasteiger partial charge is 0.465 e. The fraction of sp³-hybridized carbons (Fsp3) is 0.182. The summed E-state index contributed by atoms with van der Waals surface area (Å²) in [6.45, 7) is 1.92. The van der Waals surface area contributed by atoms with Gasteiger partial charge in [0.15, 0.2) is 0 Å². The van der Waals surface area contributed by atoms with E-state index in [1.165, 1.54) is 7.11 Å². The van der Waals surface area contributed by atoms with Gasteiger partial charge in [0.2, 0.25) is 0 Å². The molecule has 2 aromatic rings. The molecule has 3 nitrogen and oxygen atoms in total. The summed E-state index contributed by atoms with van der Waals surface area (Å²) in [5, 5.41) is 1.43. The Morgan fingerprint density at radius 3 is 2.87 bits per heavy atom. The van der Waals surface area contributed by atoms with E-state index in [1.807, 2.05) is 13.0 Å². The van der Waals surface area contributed by atoms with Gasteiger partial charge in [0.25, 0.3) is 0 Å². The van der Waals surface area contributed by atoms with Crippen molar-refractivity contribution in [2.45, 2.75) is 6.92 Å². The summed E-state index contributed by atoms with van der Waals surface area (Å²) in [6.07, 6.45) is 1.63. The molecule has 0 aliphatic rings. The van der Waals surface area contributed by atoms with E-state index in [0.29, 0.717) is 10.6 Å². The molecule has 0 aliphatic carbocycles. The van der Waals surface area contributed by atoms with E-state index in [4.69, 9.17) is 11.6 Å². The van der Waals surface area contributed by atoms with Crippen molar-refractivity contribution in [2.24, 2.45) is 0 Å². The minimum absolute atomic E-state index is 0.360. The quantitative estimate of drug-likeness (QED) is 0.756. The van der Waals surface area contributed by atoms with Crippen LogP contribution in [0, 0.1) is 6.92 Å². The molecule has 2 rings (SSSR count). The van der Waals surface area contributed by atoms with E-state index in [9.17, 15) is 4.79 Å². The molecule has 4 heteroatoms. The summed E-state index contributed by atoms with van der Waals surface area (Å²) >= 11 is 6.00. The molecular formula is C11H10ClNO2. The molecule has 0 bridgehead atoms. The van der Waals surface area contributed by atoms with Gasteiger partial charge < -0.3 is 9.72 Å². The van der Waals surface area contributed by atoms with E-state index >= 15 is 0 Å². The molecule has 0 saturated carbocycles. The van der Waals surface area contributed by atoms with Crippen LogP contribution in [-0.2, 0) is 4.74 Å². The second-order valence-electron chi connectivity index (χ2n) is 3.34. The molecule has 0 aliphatic heterocycles. The molecule has 1 heterocycles. The standard InChI is InChI=1S/C11H10ClNO2/c1-6-3-10-7(4-9(6)12)8(5-13-10)11(14)15-2/h3-5,13H,1-2H3. The number of hydrogen-bond donors (Lipinski definition) is 1. The number of aromatic amines is 1. The zero-order valence-corrected chi connectivity index (χ0v) is 9.18. The van der Waals surface area contributed by atoms with Crippen molar-refractivity contribution < 1.29 is 9.53 Å². The maximum absolute atomic E-state index is 11.4. The van der Waals surface area contributed by atoms with Crippen LogP contribution in [0.5, 0.6) is 0 Å². The molecule has 0 radical (unpaired) electrons. The Morgan fingerprint density at radius 1 is 1.47 bits per heavy atom. The van der Waals surface area contributed by atoms with Crippen molar-refractivity contribution in [3.8, 4) is 0 Å². The first kappa shape index (κ1) is 10.1. The lowest BCUT2D eigenvalue weighted by molar-refractivity contribution is 0.0603. The highest BCUT2D eigenvalue weighted by Crippen LogP contribution is 2.25. The number of carbonyl (C=O) groups excluding carboxylic acids is 1. The minimum Gasteiger partial charge on any atom is -0.465 e. The van der Waals surface area contributed by atoms with E-state index in [1.54, 1.807) is 12.3 Å². The number of hydrogen-bond acceptors (Lipinski definition) is 2. The SMILES string of the molecule is COC(=O)c1c[nH]c2cc(C)c(Cl)cc12. The molecule has 0 atom stereocenters. The zero-order chi connectivity index (χ0) is 11.0. The fourth-order valence-corrected chi connectivity index (χ4v) is 1.69. The first-order chi connectivity index (χ1) is 7.13. The number of halogens is 1. The molecule has 15 heavy (non-hydrogen) atoms. The van der Waals surface area contributed by atoms with Gasteiger partial charge in [0.1, 0.15) is 0 Å². The maximum Gasteiger partial charge on any atom is 0.340 e. The van der Waals surface area contributed by atoms with Gasteiger partial charge in [-0.25, -0.2) is 4.79 Å². The number of rotatable bonds is 1. The number of carbonyl (C=O) groups is 1. The summed E-state index contributed by atoms with van der Waals surface area (Å²) in [5.41, 5.74) is 2.37. The monoisotopic (exact) mass is 223 g/mol. The smallest absolute Gasteiger partial charge is 0.340 e. The number of methoxy groups -OCH3 is 1. The van der Waals surface area contributed by atoms with Crippen LogP contribution in [0.15, 0.2) is 18.3 Å². The number of aryl methyl sites for hydroxylation is 1. The molecule has 1 aromatic carbocycles.